The number of azide groups is 1. The van der Waals surface area contributed by atoms with Crippen LogP contribution in [0.3, 0.4) is 0 Å². The second kappa shape index (κ2) is 4.63. The Kier molecular flexibility index (Phi) is 3.43. The van der Waals surface area contributed by atoms with Crippen LogP contribution in [0.25, 0.3) is 10.4 Å². The summed E-state index contributed by atoms with van der Waals surface area (Å²) in [6, 6.07) is 0. The number of hydrogen-bond donors (Lipinski definition) is 0. The van der Waals surface area contributed by atoms with Gasteiger partial charge in [0, 0.05) is 24.1 Å². The second-order valence-electron chi connectivity index (χ2n) is 1.89. The van der Waals surface area contributed by atoms with Gasteiger partial charge < -0.3 is 4.42 Å². The Balaban J connectivity index is 2.28. The van der Waals surface area contributed by atoms with Crippen molar-refractivity contribution in [2.24, 2.45) is 5.11 Å². The van der Waals surface area contributed by atoms with Gasteiger partial charge in [-0.1, -0.05) is 16.9 Å². The number of thioether (sulfide) groups is 1. The first kappa shape index (κ1) is 8.89. The van der Waals surface area contributed by atoms with Crippen molar-refractivity contribution in [3.05, 3.63) is 16.3 Å². The van der Waals surface area contributed by atoms with E-state index in [0.29, 0.717) is 23.4 Å². The van der Waals surface area contributed by atoms with E-state index in [0.717, 1.165) is 0 Å². The minimum atomic E-state index is 0.433. The zero-order valence-electron chi connectivity index (χ0n) is 6.47. The Morgan fingerprint density at radius 1 is 1.67 bits per heavy atom. The van der Waals surface area contributed by atoms with Crippen LogP contribution >= 0.6 is 11.8 Å². The molecular weight excluding hydrogens is 178 g/mol. The van der Waals surface area contributed by atoms with Crippen molar-refractivity contribution in [1.29, 1.82) is 0 Å². The predicted octanol–water partition coefficient (Wildman–Crippen LogP) is 1.78. The molecule has 7 heteroatoms. The molecule has 0 aromatic carbocycles. The Morgan fingerprint density at radius 3 is 3.08 bits per heavy atom. The lowest BCUT2D eigenvalue weighted by atomic mass is 10.8. The van der Waals surface area contributed by atoms with Gasteiger partial charge in [-0.05, 0) is 5.53 Å². The molecule has 1 aromatic heterocycles. The van der Waals surface area contributed by atoms with Crippen LogP contribution < -0.4 is 0 Å². The number of nitrogens with zero attached hydrogens (tertiary/aromatic N) is 5. The average molecular weight is 185 g/mol. The first-order valence-corrected chi connectivity index (χ1v) is 4.25. The molecule has 0 radical (unpaired) electrons. The quantitative estimate of drug-likeness (QED) is 0.235. The van der Waals surface area contributed by atoms with Crippen molar-refractivity contribution < 1.29 is 4.42 Å². The summed E-state index contributed by atoms with van der Waals surface area (Å²) in [5.74, 6) is 1.20. The second-order valence-corrected chi connectivity index (χ2v) is 2.94. The van der Waals surface area contributed by atoms with Gasteiger partial charge in [0.25, 0.3) is 5.22 Å². The van der Waals surface area contributed by atoms with Gasteiger partial charge in [-0.25, -0.2) is 0 Å². The molecule has 1 aromatic rings. The summed E-state index contributed by atoms with van der Waals surface area (Å²) < 4.78 is 5.07. The molecule has 1 rings (SSSR count). The lowest BCUT2D eigenvalue weighted by Gasteiger charge is -1.88. The average Bonchev–Trinajstić information content (AvgIpc) is 2.45. The molecule has 0 aliphatic carbocycles. The fraction of sp³-hybridized carbons (Fsp3) is 0.600. The van der Waals surface area contributed by atoms with Gasteiger partial charge in [-0.2, -0.15) is 0 Å². The van der Waals surface area contributed by atoms with Crippen molar-refractivity contribution in [3.63, 3.8) is 0 Å². The van der Waals surface area contributed by atoms with Gasteiger partial charge in [0.05, 0.1) is 0 Å². The highest BCUT2D eigenvalue weighted by molar-refractivity contribution is 7.99. The highest BCUT2D eigenvalue weighted by Crippen LogP contribution is 2.14. The molecule has 0 aliphatic heterocycles. The Morgan fingerprint density at radius 2 is 2.50 bits per heavy atom. The molecule has 12 heavy (non-hydrogen) atoms. The largest absolute Gasteiger partial charge is 0.416 e. The summed E-state index contributed by atoms with van der Waals surface area (Å²) in [5, 5.41) is 11.3. The zero-order chi connectivity index (χ0) is 8.81. The summed E-state index contributed by atoms with van der Waals surface area (Å²) in [4.78, 5) is 2.62. The topological polar surface area (TPSA) is 87.7 Å². The zero-order valence-corrected chi connectivity index (χ0v) is 7.28. The molecule has 64 valence electrons. The molecule has 0 atom stereocenters. The van der Waals surface area contributed by atoms with E-state index in [1.807, 2.05) is 0 Å². The van der Waals surface area contributed by atoms with Crippen LogP contribution in [-0.2, 0) is 0 Å². The maximum absolute atomic E-state index is 7.97. The predicted molar refractivity (Wildman–Crippen MR) is 43.8 cm³/mol. The molecule has 0 saturated heterocycles. The van der Waals surface area contributed by atoms with Crippen LogP contribution in [0.2, 0.25) is 0 Å². The van der Waals surface area contributed by atoms with Gasteiger partial charge in [0.2, 0.25) is 5.89 Å². The number of rotatable bonds is 4. The number of aryl methyl sites for hydroxylation is 1. The van der Waals surface area contributed by atoms with Crippen LogP contribution in [0.15, 0.2) is 14.8 Å². The standard InChI is InChI=1S/C5H7N5OS/c1-4-8-9-5(11-4)12-3-2-7-10-6/h2-3H2,1H3. The first-order valence-electron chi connectivity index (χ1n) is 3.26. The van der Waals surface area contributed by atoms with E-state index < -0.39 is 0 Å². The maximum Gasteiger partial charge on any atom is 0.276 e. The summed E-state index contributed by atoms with van der Waals surface area (Å²) in [5.41, 5.74) is 7.97. The van der Waals surface area contributed by atoms with Crippen molar-refractivity contribution in [1.82, 2.24) is 10.2 Å². The van der Waals surface area contributed by atoms with E-state index in [1.54, 1.807) is 6.92 Å². The van der Waals surface area contributed by atoms with Gasteiger partial charge in [-0.15, -0.1) is 10.2 Å². The lowest BCUT2D eigenvalue weighted by Crippen LogP contribution is -1.82. The highest BCUT2D eigenvalue weighted by atomic mass is 32.2. The monoisotopic (exact) mass is 185 g/mol. The fourth-order valence-electron chi connectivity index (χ4n) is 0.555. The van der Waals surface area contributed by atoms with Crippen molar-refractivity contribution >= 4 is 11.8 Å². The highest BCUT2D eigenvalue weighted by Gasteiger charge is 2.00. The molecule has 0 N–H and O–H groups in total. The molecule has 1 heterocycles. The number of aromatic nitrogens is 2. The van der Waals surface area contributed by atoms with Gasteiger partial charge in [-0.3, -0.25) is 0 Å². The Labute approximate surface area is 73.0 Å². The molecule has 0 aliphatic rings. The molecule has 0 saturated carbocycles. The van der Waals surface area contributed by atoms with Gasteiger partial charge in [0.1, 0.15) is 0 Å². The third-order valence-corrected chi connectivity index (χ3v) is 1.79. The molecule has 0 amide bonds. The molecule has 0 unspecified atom stereocenters. The fourth-order valence-corrected chi connectivity index (χ4v) is 1.18. The van der Waals surface area contributed by atoms with Gasteiger partial charge in [0.15, 0.2) is 0 Å². The van der Waals surface area contributed by atoms with E-state index in [-0.39, 0.29) is 0 Å². The van der Waals surface area contributed by atoms with E-state index >= 15 is 0 Å². The van der Waals surface area contributed by atoms with E-state index in [1.165, 1.54) is 11.8 Å². The summed E-state index contributed by atoms with van der Waals surface area (Å²) in [6.07, 6.45) is 0. The van der Waals surface area contributed by atoms with Crippen molar-refractivity contribution in [3.8, 4) is 0 Å². The van der Waals surface area contributed by atoms with Crippen LogP contribution in [0.4, 0.5) is 0 Å². The van der Waals surface area contributed by atoms with Crippen LogP contribution in [0, 0.1) is 6.92 Å². The smallest absolute Gasteiger partial charge is 0.276 e. The number of hydrogen-bond acceptors (Lipinski definition) is 5. The molecule has 6 nitrogen and oxygen atoms in total. The first-order chi connectivity index (χ1) is 5.83. The SMILES string of the molecule is Cc1nnc(SCCN=[N+]=[N-])o1. The van der Waals surface area contributed by atoms with Crippen LogP contribution in [0.5, 0.6) is 0 Å². The summed E-state index contributed by atoms with van der Waals surface area (Å²) >= 11 is 1.38. The van der Waals surface area contributed by atoms with E-state index in [9.17, 15) is 0 Å². The molecule has 0 bridgehead atoms. The van der Waals surface area contributed by atoms with E-state index in [4.69, 9.17) is 9.95 Å². The lowest BCUT2D eigenvalue weighted by molar-refractivity contribution is 0.429. The van der Waals surface area contributed by atoms with Crippen LogP contribution in [-0.4, -0.2) is 22.5 Å². The molecule has 0 fully saturated rings. The van der Waals surface area contributed by atoms with Gasteiger partial charge >= 0.3 is 0 Å². The summed E-state index contributed by atoms with van der Waals surface area (Å²) in [7, 11) is 0. The van der Waals surface area contributed by atoms with Crippen molar-refractivity contribution in [2.45, 2.75) is 12.1 Å². The third-order valence-electron chi connectivity index (χ3n) is 0.988. The van der Waals surface area contributed by atoms with E-state index in [2.05, 4.69) is 20.2 Å². The van der Waals surface area contributed by atoms with Crippen LogP contribution in [0.1, 0.15) is 5.89 Å². The Hall–Kier alpha value is -1.20. The normalized spacial score (nSPS) is 9.42. The Bertz CT molecular complexity index is 292. The molecular formula is C5H7N5OS. The van der Waals surface area contributed by atoms with Crippen molar-refractivity contribution in [2.75, 3.05) is 12.3 Å². The minimum absolute atomic E-state index is 0.433. The minimum Gasteiger partial charge on any atom is -0.416 e. The maximum atomic E-state index is 7.97. The summed E-state index contributed by atoms with van der Waals surface area (Å²) in [6.45, 7) is 2.16. The third kappa shape index (κ3) is 2.81. The molecule has 0 spiro atoms.